The van der Waals surface area contributed by atoms with Crippen LogP contribution < -0.4 is 0 Å². The Kier molecular flexibility index (Phi) is 12.0. The average Bonchev–Trinajstić information content (AvgIpc) is 2.66. The maximum atomic E-state index is 9.76. The predicted molar refractivity (Wildman–Crippen MR) is 166 cm³/mol. The first-order valence-corrected chi connectivity index (χ1v) is 23.3. The molecule has 1 aliphatic heterocycles. The summed E-state index contributed by atoms with van der Waals surface area (Å²) in [4.78, 5) is 0. The lowest BCUT2D eigenvalue weighted by Gasteiger charge is -2.50. The van der Waals surface area contributed by atoms with Gasteiger partial charge >= 0.3 is 0 Å². The molecule has 1 aliphatic rings. The molecule has 0 spiro atoms. The number of ether oxygens (including phenoxy) is 1. The van der Waals surface area contributed by atoms with E-state index in [0.717, 1.165) is 12.8 Å². The van der Waals surface area contributed by atoms with Crippen LogP contribution in [0.4, 0.5) is 0 Å². The second-order valence-corrected chi connectivity index (χ2v) is 30.4. The lowest BCUT2D eigenvalue weighted by molar-refractivity contribution is -0.180. The fourth-order valence-corrected chi connectivity index (χ4v) is 7.77. The third-order valence-electron chi connectivity index (χ3n) is 9.90. The molecule has 1 rings (SSSR count). The molecule has 1 N–H and O–H groups in total. The van der Waals surface area contributed by atoms with Crippen LogP contribution in [0.2, 0.25) is 54.4 Å². The van der Waals surface area contributed by atoms with Gasteiger partial charge in [0, 0.05) is 19.6 Å². The quantitative estimate of drug-likeness (QED) is 0.250. The van der Waals surface area contributed by atoms with E-state index in [1.54, 1.807) is 0 Å². The fourth-order valence-electron chi connectivity index (χ4n) is 4.01. The van der Waals surface area contributed by atoms with Crippen molar-refractivity contribution in [1.29, 1.82) is 0 Å². The van der Waals surface area contributed by atoms with Gasteiger partial charge in [-0.1, -0.05) is 69.2 Å². The Morgan fingerprint density at radius 2 is 1.19 bits per heavy atom. The molecule has 5 atom stereocenters. The zero-order chi connectivity index (χ0) is 29.3. The van der Waals surface area contributed by atoms with Crippen molar-refractivity contribution in [2.24, 2.45) is 5.92 Å². The van der Waals surface area contributed by atoms with E-state index in [1.165, 1.54) is 0 Å². The highest BCUT2D eigenvalue weighted by Crippen LogP contribution is 2.44. The Morgan fingerprint density at radius 1 is 0.757 bits per heavy atom. The van der Waals surface area contributed by atoms with Gasteiger partial charge in [0.25, 0.3) is 0 Å². The summed E-state index contributed by atoms with van der Waals surface area (Å²) in [5.74, 6) is 0.206. The first-order valence-electron chi connectivity index (χ1n) is 14.6. The van der Waals surface area contributed by atoms with Crippen molar-refractivity contribution in [3.05, 3.63) is 0 Å². The van der Waals surface area contributed by atoms with Crippen LogP contribution in [-0.2, 0) is 18.0 Å². The number of rotatable bonds is 11. The van der Waals surface area contributed by atoms with Crippen LogP contribution in [0.3, 0.4) is 0 Å². The number of aliphatic hydroxyl groups is 1. The molecule has 8 heteroatoms. The SMILES string of the molecule is C[C@@H](CCO)C1OC(CCO[Si](C)(C)C(C)(C)C)C(O[Si](C)(C)C(C)(C)C)CC1O[Si](C)(C)C(C)(C)C. The van der Waals surface area contributed by atoms with Crippen LogP contribution in [0.25, 0.3) is 0 Å². The van der Waals surface area contributed by atoms with E-state index in [2.05, 4.69) is 109 Å². The summed E-state index contributed by atoms with van der Waals surface area (Å²) >= 11 is 0. The molecule has 1 saturated heterocycles. The highest BCUT2D eigenvalue weighted by Gasteiger charge is 2.49. The summed E-state index contributed by atoms with van der Waals surface area (Å²) in [6.07, 6.45) is 2.22. The minimum Gasteiger partial charge on any atom is -0.417 e. The van der Waals surface area contributed by atoms with E-state index in [1.807, 2.05) is 0 Å². The van der Waals surface area contributed by atoms with E-state index in [-0.39, 0.29) is 52.1 Å². The zero-order valence-corrected chi connectivity index (χ0v) is 30.5. The number of hydrogen-bond donors (Lipinski definition) is 1. The van der Waals surface area contributed by atoms with Crippen molar-refractivity contribution in [3.63, 3.8) is 0 Å². The van der Waals surface area contributed by atoms with Crippen LogP contribution >= 0.6 is 0 Å². The smallest absolute Gasteiger partial charge is 0.192 e. The lowest BCUT2D eigenvalue weighted by atomic mass is 9.88. The first-order chi connectivity index (χ1) is 16.4. The average molecular weight is 577 g/mol. The van der Waals surface area contributed by atoms with Crippen LogP contribution in [0.1, 0.15) is 88.5 Å². The third-order valence-corrected chi connectivity index (χ3v) is 23.4. The van der Waals surface area contributed by atoms with Gasteiger partial charge in [0.1, 0.15) is 0 Å². The van der Waals surface area contributed by atoms with Gasteiger partial charge in [-0.2, -0.15) is 0 Å². The van der Waals surface area contributed by atoms with E-state index in [4.69, 9.17) is 18.0 Å². The summed E-state index contributed by atoms with van der Waals surface area (Å²) in [5, 5.41) is 10.2. The van der Waals surface area contributed by atoms with Gasteiger partial charge in [-0.05, 0) is 73.2 Å². The highest BCUT2D eigenvalue weighted by atomic mass is 28.4. The molecule has 37 heavy (non-hydrogen) atoms. The van der Waals surface area contributed by atoms with Gasteiger partial charge in [0.2, 0.25) is 0 Å². The molecule has 0 bridgehead atoms. The van der Waals surface area contributed by atoms with Gasteiger partial charge in [-0.25, -0.2) is 0 Å². The maximum absolute atomic E-state index is 9.76. The summed E-state index contributed by atoms with van der Waals surface area (Å²) in [7, 11) is -5.90. The zero-order valence-electron chi connectivity index (χ0n) is 27.5. The molecular weight excluding hydrogens is 513 g/mol. The van der Waals surface area contributed by atoms with Crippen molar-refractivity contribution < 1.29 is 23.1 Å². The Balaban J connectivity index is 3.32. The molecule has 0 aliphatic carbocycles. The predicted octanol–water partition coefficient (Wildman–Crippen LogP) is 8.36. The fraction of sp³-hybridized carbons (Fsp3) is 1.00. The Morgan fingerprint density at radius 3 is 1.59 bits per heavy atom. The molecule has 0 radical (unpaired) electrons. The molecule has 1 heterocycles. The minimum atomic E-state index is -2.03. The number of aliphatic hydroxyl groups excluding tert-OH is 1. The molecule has 5 nitrogen and oxygen atoms in total. The molecule has 0 aromatic heterocycles. The Labute approximate surface area is 234 Å². The molecule has 0 aromatic carbocycles. The molecule has 4 unspecified atom stereocenters. The summed E-state index contributed by atoms with van der Waals surface area (Å²) in [6, 6.07) is 0. The normalized spacial score (nSPS) is 25.9. The summed E-state index contributed by atoms with van der Waals surface area (Å²) in [5.41, 5.74) is 0. The largest absolute Gasteiger partial charge is 0.417 e. The van der Waals surface area contributed by atoms with Gasteiger partial charge in [0.15, 0.2) is 25.0 Å². The Hall–Kier alpha value is 0.451. The van der Waals surface area contributed by atoms with Gasteiger partial charge in [-0.3, -0.25) is 0 Å². The molecule has 0 aromatic rings. The summed E-state index contributed by atoms with van der Waals surface area (Å²) in [6.45, 7) is 37.6. The van der Waals surface area contributed by atoms with E-state index in [0.29, 0.717) is 13.0 Å². The summed E-state index contributed by atoms with van der Waals surface area (Å²) < 4.78 is 27.7. The second kappa shape index (κ2) is 12.5. The second-order valence-electron chi connectivity index (χ2n) is 16.1. The van der Waals surface area contributed by atoms with Crippen molar-refractivity contribution in [1.82, 2.24) is 0 Å². The minimum absolute atomic E-state index is 0.0174. The number of hydrogen-bond acceptors (Lipinski definition) is 5. The molecule has 0 saturated carbocycles. The molecule has 222 valence electrons. The Bertz CT molecular complexity index is 704. The highest BCUT2D eigenvalue weighted by molar-refractivity contribution is 6.75. The standard InChI is InChI=1S/C29H64O5Si3/c1-22(17-19-30)26-25(34-37(15,16)29(8,9)10)21-24(33-36(13,14)28(5,6)7)23(32-26)18-20-31-35(11,12)27(2,3)4/h22-26,30H,17-21H2,1-16H3/t22-,23?,24?,25?,26?/m0/s1. The first kappa shape index (κ1) is 35.5. The van der Waals surface area contributed by atoms with Crippen molar-refractivity contribution in [3.8, 4) is 0 Å². The monoisotopic (exact) mass is 576 g/mol. The lowest BCUT2D eigenvalue weighted by Crippen LogP contribution is -2.58. The van der Waals surface area contributed by atoms with Crippen LogP contribution in [0.5, 0.6) is 0 Å². The molecule has 1 fully saturated rings. The van der Waals surface area contributed by atoms with E-state index in [9.17, 15) is 5.11 Å². The molecule has 0 amide bonds. The van der Waals surface area contributed by atoms with Crippen molar-refractivity contribution in [2.75, 3.05) is 13.2 Å². The van der Waals surface area contributed by atoms with Gasteiger partial charge in [0.05, 0.1) is 24.4 Å². The third kappa shape index (κ3) is 9.51. The molecular formula is C29H64O5Si3. The van der Waals surface area contributed by atoms with Crippen molar-refractivity contribution in [2.45, 2.75) is 167 Å². The maximum Gasteiger partial charge on any atom is 0.192 e. The van der Waals surface area contributed by atoms with Crippen molar-refractivity contribution >= 4 is 25.0 Å². The van der Waals surface area contributed by atoms with Crippen LogP contribution in [0.15, 0.2) is 0 Å². The van der Waals surface area contributed by atoms with Crippen LogP contribution in [-0.4, -0.2) is 67.7 Å². The van der Waals surface area contributed by atoms with Gasteiger partial charge < -0.3 is 23.1 Å². The van der Waals surface area contributed by atoms with E-state index < -0.39 is 25.0 Å². The van der Waals surface area contributed by atoms with Gasteiger partial charge in [-0.15, -0.1) is 0 Å². The topological polar surface area (TPSA) is 57.2 Å². The van der Waals surface area contributed by atoms with E-state index >= 15 is 0 Å². The van der Waals surface area contributed by atoms with Crippen LogP contribution in [0, 0.1) is 5.92 Å².